The van der Waals surface area contributed by atoms with E-state index in [0.717, 1.165) is 18.4 Å². The Bertz CT molecular complexity index is 470. The van der Waals surface area contributed by atoms with Crippen LogP contribution < -0.4 is 5.32 Å². The summed E-state index contributed by atoms with van der Waals surface area (Å²) < 4.78 is 13.8. The lowest BCUT2D eigenvalue weighted by atomic mass is 9.81. The Hall–Kier alpha value is -1.40. The summed E-state index contributed by atoms with van der Waals surface area (Å²) in [5, 5.41) is 12.1. The summed E-state index contributed by atoms with van der Waals surface area (Å²) in [7, 11) is 0. The van der Waals surface area contributed by atoms with Gasteiger partial charge in [-0.15, -0.1) is 0 Å². The van der Waals surface area contributed by atoms with E-state index < -0.39 is 0 Å². The normalized spacial score (nSPS) is 22.4. The Morgan fingerprint density at radius 1 is 1.30 bits per heavy atom. The molecule has 0 heterocycles. The van der Waals surface area contributed by atoms with Crippen LogP contribution in [0.25, 0.3) is 0 Å². The van der Waals surface area contributed by atoms with Crippen molar-refractivity contribution in [1.29, 1.82) is 5.26 Å². The monoisotopic (exact) mass is 274 g/mol. The molecule has 108 valence electrons. The maximum Gasteiger partial charge on any atom is 0.145 e. The maximum atomic E-state index is 13.8. The number of hydrogen-bond acceptors (Lipinski definition) is 2. The summed E-state index contributed by atoms with van der Waals surface area (Å²) in [6, 6.07) is 6.87. The van der Waals surface area contributed by atoms with Crippen LogP contribution in [0.15, 0.2) is 18.2 Å². The predicted octanol–water partition coefficient (Wildman–Crippen LogP) is 4.00. The highest BCUT2D eigenvalue weighted by Gasteiger charge is 2.17. The Balaban J connectivity index is 1.72. The molecular formula is C17H23FN2. The molecule has 0 spiro atoms. The lowest BCUT2D eigenvalue weighted by Crippen LogP contribution is -2.21. The lowest BCUT2D eigenvalue weighted by molar-refractivity contribution is 0.275. The summed E-state index contributed by atoms with van der Waals surface area (Å²) >= 11 is 0. The molecule has 20 heavy (non-hydrogen) atoms. The van der Waals surface area contributed by atoms with Gasteiger partial charge in [0, 0.05) is 12.1 Å². The second-order valence-corrected chi connectivity index (χ2v) is 5.98. The third-order valence-electron chi connectivity index (χ3n) is 4.38. The van der Waals surface area contributed by atoms with Crippen LogP contribution >= 0.6 is 0 Å². The molecule has 1 saturated carbocycles. The molecule has 2 nitrogen and oxygen atoms in total. The van der Waals surface area contributed by atoms with Gasteiger partial charge in [-0.1, -0.05) is 44.7 Å². The van der Waals surface area contributed by atoms with Crippen LogP contribution in [-0.2, 0) is 6.54 Å². The van der Waals surface area contributed by atoms with Crippen molar-refractivity contribution in [3.05, 3.63) is 35.1 Å². The summed E-state index contributed by atoms with van der Waals surface area (Å²) in [5.41, 5.74) is 0.715. The minimum atomic E-state index is -0.381. The molecule has 1 aliphatic carbocycles. The molecule has 0 atom stereocenters. The Morgan fingerprint density at radius 2 is 2.05 bits per heavy atom. The Kier molecular flexibility index (Phi) is 5.55. The van der Waals surface area contributed by atoms with Crippen molar-refractivity contribution in [2.24, 2.45) is 11.8 Å². The van der Waals surface area contributed by atoms with Gasteiger partial charge in [0.2, 0.25) is 0 Å². The molecule has 1 aromatic carbocycles. The fourth-order valence-electron chi connectivity index (χ4n) is 2.95. The smallest absolute Gasteiger partial charge is 0.145 e. The van der Waals surface area contributed by atoms with Crippen molar-refractivity contribution < 1.29 is 4.39 Å². The van der Waals surface area contributed by atoms with Crippen molar-refractivity contribution in [3.8, 4) is 6.07 Å². The van der Waals surface area contributed by atoms with E-state index in [9.17, 15) is 4.39 Å². The summed E-state index contributed by atoms with van der Waals surface area (Å²) in [6.45, 7) is 3.76. The number of rotatable bonds is 5. The highest BCUT2D eigenvalue weighted by atomic mass is 19.1. The average Bonchev–Trinajstić information content (AvgIpc) is 2.47. The molecule has 3 heteroatoms. The number of nitrogens with one attached hydrogen (secondary N) is 1. The fraction of sp³-hybridized carbons (Fsp3) is 0.588. The van der Waals surface area contributed by atoms with E-state index in [1.807, 2.05) is 6.07 Å². The number of nitriles is 1. The lowest BCUT2D eigenvalue weighted by Gasteiger charge is -2.26. The van der Waals surface area contributed by atoms with Gasteiger partial charge in [-0.25, -0.2) is 4.39 Å². The Labute approximate surface area is 121 Å². The highest BCUT2D eigenvalue weighted by Crippen LogP contribution is 2.29. The molecule has 0 aromatic heterocycles. The quantitative estimate of drug-likeness (QED) is 0.824. The second kappa shape index (κ2) is 7.40. The average molecular weight is 274 g/mol. The zero-order valence-corrected chi connectivity index (χ0v) is 12.2. The standard InChI is InChI=1S/C17H23FN2/c1-13-5-7-14(8-6-13)9-10-20-12-16-4-2-3-15(11-19)17(16)18/h2-4,13-14,20H,5-10,12H2,1H3. The minimum absolute atomic E-state index is 0.130. The molecule has 1 aliphatic rings. The van der Waals surface area contributed by atoms with Crippen LogP contribution in [0, 0.1) is 29.0 Å². The van der Waals surface area contributed by atoms with Gasteiger partial charge in [0.25, 0.3) is 0 Å². The largest absolute Gasteiger partial charge is 0.313 e. The summed E-state index contributed by atoms with van der Waals surface area (Å²) in [5.74, 6) is 1.34. The summed E-state index contributed by atoms with van der Waals surface area (Å²) in [6.07, 6.45) is 6.54. The van der Waals surface area contributed by atoms with Crippen molar-refractivity contribution in [2.75, 3.05) is 6.54 Å². The van der Waals surface area contributed by atoms with Crippen molar-refractivity contribution in [3.63, 3.8) is 0 Å². The van der Waals surface area contributed by atoms with E-state index in [4.69, 9.17) is 5.26 Å². The first-order valence-corrected chi connectivity index (χ1v) is 7.59. The molecule has 0 amide bonds. The summed E-state index contributed by atoms with van der Waals surface area (Å²) in [4.78, 5) is 0. The maximum absolute atomic E-state index is 13.8. The van der Waals surface area contributed by atoms with E-state index in [0.29, 0.717) is 12.1 Å². The zero-order chi connectivity index (χ0) is 14.4. The van der Waals surface area contributed by atoms with Gasteiger partial charge in [0.05, 0.1) is 5.56 Å². The molecular weight excluding hydrogens is 251 g/mol. The van der Waals surface area contributed by atoms with E-state index in [1.54, 1.807) is 12.1 Å². The van der Waals surface area contributed by atoms with Gasteiger partial charge in [-0.3, -0.25) is 0 Å². The van der Waals surface area contributed by atoms with Crippen LogP contribution in [0.3, 0.4) is 0 Å². The van der Waals surface area contributed by atoms with Gasteiger partial charge in [-0.05, 0) is 30.9 Å². The van der Waals surface area contributed by atoms with Crippen LogP contribution in [0.1, 0.15) is 50.2 Å². The molecule has 0 bridgehead atoms. The van der Waals surface area contributed by atoms with Gasteiger partial charge in [0.1, 0.15) is 11.9 Å². The van der Waals surface area contributed by atoms with Crippen molar-refractivity contribution >= 4 is 0 Å². The van der Waals surface area contributed by atoms with E-state index in [-0.39, 0.29) is 11.4 Å². The molecule has 0 unspecified atom stereocenters. The van der Waals surface area contributed by atoms with Crippen LogP contribution in [-0.4, -0.2) is 6.54 Å². The van der Waals surface area contributed by atoms with Gasteiger partial charge < -0.3 is 5.32 Å². The third-order valence-corrected chi connectivity index (χ3v) is 4.38. The van der Waals surface area contributed by atoms with Gasteiger partial charge >= 0.3 is 0 Å². The first-order chi connectivity index (χ1) is 9.70. The zero-order valence-electron chi connectivity index (χ0n) is 12.2. The van der Waals surface area contributed by atoms with Crippen LogP contribution in [0.2, 0.25) is 0 Å². The highest BCUT2D eigenvalue weighted by molar-refractivity contribution is 5.34. The van der Waals surface area contributed by atoms with Gasteiger partial charge in [-0.2, -0.15) is 5.26 Å². The Morgan fingerprint density at radius 3 is 2.75 bits per heavy atom. The SMILES string of the molecule is CC1CCC(CCNCc2cccc(C#N)c2F)CC1. The topological polar surface area (TPSA) is 35.8 Å². The molecule has 1 N–H and O–H groups in total. The first kappa shape index (κ1) is 15.0. The van der Waals surface area contributed by atoms with Crippen LogP contribution in [0.4, 0.5) is 4.39 Å². The van der Waals surface area contributed by atoms with Crippen LogP contribution in [0.5, 0.6) is 0 Å². The fourth-order valence-corrected chi connectivity index (χ4v) is 2.95. The van der Waals surface area contributed by atoms with E-state index in [1.165, 1.54) is 38.2 Å². The number of nitrogens with zero attached hydrogens (tertiary/aromatic N) is 1. The first-order valence-electron chi connectivity index (χ1n) is 7.59. The number of halogens is 1. The molecule has 0 radical (unpaired) electrons. The van der Waals surface area contributed by atoms with E-state index in [2.05, 4.69) is 12.2 Å². The van der Waals surface area contributed by atoms with Crippen molar-refractivity contribution in [1.82, 2.24) is 5.32 Å². The molecule has 1 fully saturated rings. The molecule has 1 aromatic rings. The number of hydrogen-bond donors (Lipinski definition) is 1. The predicted molar refractivity (Wildman–Crippen MR) is 78.6 cm³/mol. The molecule has 2 rings (SSSR count). The van der Waals surface area contributed by atoms with Gasteiger partial charge in [0.15, 0.2) is 0 Å². The number of benzene rings is 1. The molecule has 0 saturated heterocycles. The third kappa shape index (κ3) is 4.05. The van der Waals surface area contributed by atoms with E-state index >= 15 is 0 Å². The molecule has 0 aliphatic heterocycles. The minimum Gasteiger partial charge on any atom is -0.313 e. The second-order valence-electron chi connectivity index (χ2n) is 5.98. The van der Waals surface area contributed by atoms with Crippen molar-refractivity contribution in [2.45, 2.75) is 45.6 Å².